The first kappa shape index (κ1) is 12.8. The van der Waals surface area contributed by atoms with E-state index in [9.17, 15) is 0 Å². The van der Waals surface area contributed by atoms with Crippen LogP contribution < -0.4 is 0 Å². The first-order valence-corrected chi connectivity index (χ1v) is 7.63. The molecular formula is C16H20N2S. The standard InChI is InChI=1S/C16H20N2S/c1-3-15-14-9-8-12(11(2)19)10-16(14)18(17-15)13-6-4-5-7-13/h8-10,13H,3-7H2,1-2H3. The van der Waals surface area contributed by atoms with Gasteiger partial charge in [-0.25, -0.2) is 0 Å². The Morgan fingerprint density at radius 1 is 1.37 bits per heavy atom. The van der Waals surface area contributed by atoms with Crippen molar-refractivity contribution in [3.8, 4) is 0 Å². The molecule has 1 aromatic carbocycles. The first-order valence-electron chi connectivity index (χ1n) is 7.22. The van der Waals surface area contributed by atoms with Crippen LogP contribution in [0.25, 0.3) is 10.9 Å². The van der Waals surface area contributed by atoms with Gasteiger partial charge in [-0.1, -0.05) is 44.1 Å². The third kappa shape index (κ3) is 2.20. The van der Waals surface area contributed by atoms with Crippen molar-refractivity contribution in [2.75, 3.05) is 0 Å². The molecule has 1 aliphatic carbocycles. The molecule has 2 aromatic rings. The van der Waals surface area contributed by atoms with Crippen LogP contribution in [-0.4, -0.2) is 14.6 Å². The number of aryl methyl sites for hydroxylation is 1. The average molecular weight is 272 g/mol. The lowest BCUT2D eigenvalue weighted by Gasteiger charge is -2.11. The minimum Gasteiger partial charge on any atom is -0.262 e. The van der Waals surface area contributed by atoms with Crippen LogP contribution in [0.2, 0.25) is 0 Å². The van der Waals surface area contributed by atoms with Gasteiger partial charge in [0.2, 0.25) is 0 Å². The molecule has 100 valence electrons. The Balaban J connectivity index is 2.18. The highest BCUT2D eigenvalue weighted by Crippen LogP contribution is 2.33. The van der Waals surface area contributed by atoms with Gasteiger partial charge in [-0.2, -0.15) is 5.10 Å². The molecule has 0 amide bonds. The average Bonchev–Trinajstić information content (AvgIpc) is 3.04. The second kappa shape index (κ2) is 5.04. The number of aromatic nitrogens is 2. The van der Waals surface area contributed by atoms with Crippen molar-refractivity contribution in [1.82, 2.24) is 9.78 Å². The molecule has 0 saturated heterocycles. The number of thiocarbonyl (C=S) groups is 1. The lowest BCUT2D eigenvalue weighted by atomic mass is 10.1. The van der Waals surface area contributed by atoms with Gasteiger partial charge in [0.25, 0.3) is 0 Å². The summed E-state index contributed by atoms with van der Waals surface area (Å²) in [7, 11) is 0. The van der Waals surface area contributed by atoms with E-state index in [1.54, 1.807) is 0 Å². The van der Waals surface area contributed by atoms with Gasteiger partial charge in [-0.3, -0.25) is 4.68 Å². The van der Waals surface area contributed by atoms with E-state index in [1.165, 1.54) is 42.3 Å². The van der Waals surface area contributed by atoms with Crippen molar-refractivity contribution in [2.24, 2.45) is 0 Å². The minimum absolute atomic E-state index is 0.587. The zero-order chi connectivity index (χ0) is 13.4. The van der Waals surface area contributed by atoms with E-state index in [0.29, 0.717) is 6.04 Å². The Morgan fingerprint density at radius 3 is 2.74 bits per heavy atom. The van der Waals surface area contributed by atoms with Crippen molar-refractivity contribution < 1.29 is 0 Å². The fourth-order valence-electron chi connectivity index (χ4n) is 3.11. The third-order valence-corrected chi connectivity index (χ3v) is 4.43. The number of fused-ring (bicyclic) bond motifs is 1. The molecule has 0 aliphatic heterocycles. The molecule has 3 heteroatoms. The van der Waals surface area contributed by atoms with Crippen LogP contribution in [0.15, 0.2) is 18.2 Å². The molecule has 1 saturated carbocycles. The molecule has 0 radical (unpaired) electrons. The van der Waals surface area contributed by atoms with Gasteiger partial charge in [0, 0.05) is 10.3 Å². The Labute approximate surface area is 119 Å². The van der Waals surface area contributed by atoms with Crippen LogP contribution >= 0.6 is 12.2 Å². The van der Waals surface area contributed by atoms with Crippen molar-refractivity contribution in [2.45, 2.75) is 52.0 Å². The van der Waals surface area contributed by atoms with Crippen LogP contribution in [0.5, 0.6) is 0 Å². The molecular weight excluding hydrogens is 252 g/mol. The summed E-state index contributed by atoms with van der Waals surface area (Å²) >= 11 is 5.31. The topological polar surface area (TPSA) is 17.8 Å². The fraction of sp³-hybridized carbons (Fsp3) is 0.500. The zero-order valence-electron chi connectivity index (χ0n) is 11.6. The van der Waals surface area contributed by atoms with Gasteiger partial charge in [0.1, 0.15) is 0 Å². The Hall–Kier alpha value is -1.22. The normalized spacial score (nSPS) is 16.3. The zero-order valence-corrected chi connectivity index (χ0v) is 12.5. The first-order chi connectivity index (χ1) is 9.20. The molecule has 19 heavy (non-hydrogen) atoms. The number of benzene rings is 1. The SMILES string of the molecule is CCc1nn(C2CCCC2)c2cc(C(C)=S)ccc12. The van der Waals surface area contributed by atoms with Crippen molar-refractivity contribution in [1.29, 1.82) is 0 Å². The molecule has 0 bridgehead atoms. The smallest absolute Gasteiger partial charge is 0.0700 e. The number of hydrogen-bond donors (Lipinski definition) is 0. The molecule has 1 heterocycles. The van der Waals surface area contributed by atoms with E-state index < -0.39 is 0 Å². The molecule has 0 atom stereocenters. The Kier molecular flexibility index (Phi) is 3.40. The second-order valence-corrected chi connectivity index (χ2v) is 6.08. The summed E-state index contributed by atoms with van der Waals surface area (Å²) in [6, 6.07) is 7.13. The minimum atomic E-state index is 0.587. The summed E-state index contributed by atoms with van der Waals surface area (Å²) in [6.45, 7) is 4.17. The highest BCUT2D eigenvalue weighted by atomic mass is 32.1. The third-order valence-electron chi connectivity index (χ3n) is 4.20. The Bertz CT molecular complexity index is 621. The predicted molar refractivity (Wildman–Crippen MR) is 84.0 cm³/mol. The Morgan fingerprint density at radius 2 is 2.11 bits per heavy atom. The molecule has 0 unspecified atom stereocenters. The lowest BCUT2D eigenvalue weighted by Crippen LogP contribution is -2.07. The van der Waals surface area contributed by atoms with Crippen LogP contribution in [0.1, 0.15) is 56.8 Å². The van der Waals surface area contributed by atoms with E-state index in [2.05, 4.69) is 29.8 Å². The lowest BCUT2D eigenvalue weighted by molar-refractivity contribution is 0.478. The van der Waals surface area contributed by atoms with Gasteiger partial charge >= 0.3 is 0 Å². The molecule has 0 spiro atoms. The summed E-state index contributed by atoms with van der Waals surface area (Å²) in [6.07, 6.45) is 6.19. The van der Waals surface area contributed by atoms with Crippen molar-refractivity contribution in [3.63, 3.8) is 0 Å². The van der Waals surface area contributed by atoms with E-state index >= 15 is 0 Å². The monoisotopic (exact) mass is 272 g/mol. The predicted octanol–water partition coefficient (Wildman–Crippen LogP) is 4.45. The van der Waals surface area contributed by atoms with Crippen LogP contribution in [0.3, 0.4) is 0 Å². The molecule has 1 aromatic heterocycles. The van der Waals surface area contributed by atoms with E-state index in [-0.39, 0.29) is 0 Å². The summed E-state index contributed by atoms with van der Waals surface area (Å²) in [4.78, 5) is 0.958. The summed E-state index contributed by atoms with van der Waals surface area (Å²) in [5, 5.41) is 6.16. The van der Waals surface area contributed by atoms with Gasteiger partial charge in [0.05, 0.1) is 17.3 Å². The summed E-state index contributed by atoms with van der Waals surface area (Å²) in [5.74, 6) is 0. The maximum absolute atomic E-state index is 5.31. The molecule has 3 rings (SSSR count). The fourth-order valence-corrected chi connectivity index (χ4v) is 3.24. The highest BCUT2D eigenvalue weighted by molar-refractivity contribution is 7.80. The largest absolute Gasteiger partial charge is 0.262 e. The van der Waals surface area contributed by atoms with E-state index in [4.69, 9.17) is 17.3 Å². The van der Waals surface area contributed by atoms with Crippen LogP contribution in [-0.2, 0) is 6.42 Å². The van der Waals surface area contributed by atoms with E-state index in [0.717, 1.165) is 16.8 Å². The maximum Gasteiger partial charge on any atom is 0.0700 e. The molecule has 2 nitrogen and oxygen atoms in total. The van der Waals surface area contributed by atoms with E-state index in [1.807, 2.05) is 6.92 Å². The molecule has 1 aliphatic rings. The maximum atomic E-state index is 5.31. The van der Waals surface area contributed by atoms with Crippen LogP contribution in [0.4, 0.5) is 0 Å². The van der Waals surface area contributed by atoms with Gasteiger partial charge < -0.3 is 0 Å². The van der Waals surface area contributed by atoms with Gasteiger partial charge in [0.15, 0.2) is 0 Å². The summed E-state index contributed by atoms with van der Waals surface area (Å²) < 4.78 is 2.27. The number of hydrogen-bond acceptors (Lipinski definition) is 2. The molecule has 0 N–H and O–H groups in total. The summed E-state index contributed by atoms with van der Waals surface area (Å²) in [5.41, 5.74) is 3.64. The number of rotatable bonds is 3. The van der Waals surface area contributed by atoms with Gasteiger partial charge in [-0.15, -0.1) is 0 Å². The van der Waals surface area contributed by atoms with Gasteiger partial charge in [-0.05, 0) is 37.8 Å². The molecule has 1 fully saturated rings. The highest BCUT2D eigenvalue weighted by Gasteiger charge is 2.21. The van der Waals surface area contributed by atoms with Crippen LogP contribution in [0, 0.1) is 0 Å². The second-order valence-electron chi connectivity index (χ2n) is 5.47. The van der Waals surface area contributed by atoms with Crippen molar-refractivity contribution >= 4 is 28.0 Å². The quantitative estimate of drug-likeness (QED) is 0.607. The number of nitrogens with zero attached hydrogens (tertiary/aromatic N) is 2. The van der Waals surface area contributed by atoms with Crippen molar-refractivity contribution in [3.05, 3.63) is 29.5 Å².